The number of fused-ring (bicyclic) bond motifs is 8. The van der Waals surface area contributed by atoms with Gasteiger partial charge in [0, 0.05) is 68.4 Å². The molecule has 0 aliphatic heterocycles. The lowest BCUT2D eigenvalue weighted by Crippen LogP contribution is -2.19. The second kappa shape index (κ2) is 14.9. The van der Waals surface area contributed by atoms with Crippen LogP contribution in [0.3, 0.4) is 0 Å². The van der Waals surface area contributed by atoms with Gasteiger partial charge in [0.25, 0.3) is 0 Å². The van der Waals surface area contributed by atoms with Crippen LogP contribution in [-0.4, -0.2) is 9.97 Å². The summed E-state index contributed by atoms with van der Waals surface area (Å²) >= 11 is 3.71. The van der Waals surface area contributed by atoms with Crippen molar-refractivity contribution in [2.45, 2.75) is 31.6 Å². The Labute approximate surface area is 386 Å². The van der Waals surface area contributed by atoms with E-state index in [2.05, 4.69) is 208 Å². The van der Waals surface area contributed by atoms with Gasteiger partial charge in [0.1, 0.15) is 0 Å². The third-order valence-electron chi connectivity index (χ3n) is 13.9. The van der Waals surface area contributed by atoms with Crippen LogP contribution in [0.2, 0.25) is 0 Å². The first-order valence-corrected chi connectivity index (χ1v) is 24.1. The molecule has 308 valence electrons. The summed E-state index contributed by atoms with van der Waals surface area (Å²) in [5.41, 5.74) is 16.7. The van der Waals surface area contributed by atoms with Gasteiger partial charge < -0.3 is 0 Å². The van der Waals surface area contributed by atoms with E-state index in [9.17, 15) is 0 Å². The van der Waals surface area contributed by atoms with Crippen LogP contribution in [0, 0.1) is 0 Å². The van der Waals surface area contributed by atoms with Crippen molar-refractivity contribution < 1.29 is 0 Å². The zero-order valence-electron chi connectivity index (χ0n) is 36.0. The summed E-state index contributed by atoms with van der Waals surface area (Å²) in [4.78, 5) is 10.6. The Hall–Kier alpha value is -7.24. The van der Waals surface area contributed by atoms with Gasteiger partial charge >= 0.3 is 0 Å². The Balaban J connectivity index is 0.936. The monoisotopic (exact) mass is 866 g/mol. The minimum absolute atomic E-state index is 0.0211. The average Bonchev–Trinajstić information content (AvgIpc) is 4.00. The Bertz CT molecular complexity index is 3640. The average molecular weight is 867 g/mol. The molecule has 0 saturated carbocycles. The van der Waals surface area contributed by atoms with E-state index in [0.717, 1.165) is 45.6 Å². The maximum atomic E-state index is 5.36. The molecule has 4 heteroatoms. The molecule has 0 spiro atoms. The van der Waals surface area contributed by atoms with Crippen molar-refractivity contribution >= 4 is 68.6 Å². The van der Waals surface area contributed by atoms with Gasteiger partial charge in [-0.1, -0.05) is 159 Å². The molecule has 2 nitrogen and oxygen atoms in total. The van der Waals surface area contributed by atoms with Crippen LogP contribution in [0.15, 0.2) is 206 Å². The van der Waals surface area contributed by atoms with E-state index in [4.69, 9.17) is 9.97 Å². The minimum atomic E-state index is 0.0211. The molecular weight excluding hydrogens is 825 g/mol. The van der Waals surface area contributed by atoms with E-state index < -0.39 is 0 Å². The number of allylic oxidation sites excluding steroid dienone is 4. The van der Waals surface area contributed by atoms with E-state index in [1.807, 2.05) is 28.7 Å². The molecule has 0 radical (unpaired) electrons. The molecule has 13 rings (SSSR count). The van der Waals surface area contributed by atoms with Crippen molar-refractivity contribution in [1.82, 2.24) is 9.97 Å². The van der Waals surface area contributed by atoms with Gasteiger partial charge in [0.05, 0.1) is 11.4 Å². The quantitative estimate of drug-likeness (QED) is 0.166. The fourth-order valence-electron chi connectivity index (χ4n) is 10.5. The fraction of sp³-hybridized carbons (Fsp3) is 0.0820. The number of thiophene rings is 2. The molecule has 0 saturated heterocycles. The van der Waals surface area contributed by atoms with Crippen molar-refractivity contribution in [2.24, 2.45) is 0 Å². The van der Waals surface area contributed by atoms with Crippen LogP contribution < -0.4 is 0 Å². The Morgan fingerprint density at radius 3 is 1.65 bits per heavy atom. The van der Waals surface area contributed by atoms with Gasteiger partial charge in [-0.25, -0.2) is 9.97 Å². The zero-order valence-corrected chi connectivity index (χ0v) is 37.7. The molecule has 3 heterocycles. The Morgan fingerprint density at radius 1 is 0.446 bits per heavy atom. The van der Waals surface area contributed by atoms with Crippen molar-refractivity contribution in [3.8, 4) is 56.2 Å². The van der Waals surface area contributed by atoms with E-state index in [1.54, 1.807) is 0 Å². The highest BCUT2D eigenvalue weighted by molar-refractivity contribution is 7.26. The normalized spacial score (nSPS) is 15.3. The van der Waals surface area contributed by atoms with Gasteiger partial charge in [-0.05, 0) is 112 Å². The number of hydrogen-bond acceptors (Lipinski definition) is 4. The number of aromatic nitrogens is 2. The first-order valence-electron chi connectivity index (χ1n) is 22.5. The van der Waals surface area contributed by atoms with Gasteiger partial charge in [-0.3, -0.25) is 0 Å². The highest BCUT2D eigenvalue weighted by Gasteiger charge is 2.38. The topological polar surface area (TPSA) is 25.8 Å². The lowest BCUT2D eigenvalue weighted by molar-refractivity contribution is 0.591. The summed E-state index contributed by atoms with van der Waals surface area (Å²) < 4.78 is 5.22. The third kappa shape index (κ3) is 6.43. The lowest BCUT2D eigenvalue weighted by atomic mass is 9.75. The number of nitrogens with zero attached hydrogens (tertiary/aromatic N) is 2. The molecule has 3 aromatic heterocycles. The number of rotatable bonds is 6. The third-order valence-corrected chi connectivity index (χ3v) is 16.2. The van der Waals surface area contributed by atoms with Crippen molar-refractivity contribution in [2.75, 3.05) is 0 Å². The van der Waals surface area contributed by atoms with Crippen LogP contribution in [0.1, 0.15) is 42.9 Å². The number of hydrogen-bond donors (Lipinski definition) is 0. The van der Waals surface area contributed by atoms with Crippen LogP contribution in [0.5, 0.6) is 0 Å². The predicted molar refractivity (Wildman–Crippen MR) is 278 cm³/mol. The Morgan fingerprint density at radius 2 is 0.985 bits per heavy atom. The molecule has 1 atom stereocenters. The molecule has 1 unspecified atom stereocenters. The van der Waals surface area contributed by atoms with E-state index in [0.29, 0.717) is 11.7 Å². The van der Waals surface area contributed by atoms with Gasteiger partial charge in [-0.2, -0.15) is 0 Å². The molecule has 11 aromatic rings. The lowest BCUT2D eigenvalue weighted by Gasteiger charge is -2.29. The maximum absolute atomic E-state index is 5.36. The highest BCUT2D eigenvalue weighted by atomic mass is 32.1. The van der Waals surface area contributed by atoms with Crippen LogP contribution in [-0.2, 0) is 5.41 Å². The first-order chi connectivity index (χ1) is 31.9. The first kappa shape index (κ1) is 38.2. The summed E-state index contributed by atoms with van der Waals surface area (Å²) in [7, 11) is 0. The smallest absolute Gasteiger partial charge is 0.160 e. The zero-order chi connectivity index (χ0) is 43.2. The second-order valence-electron chi connectivity index (χ2n) is 18.1. The van der Waals surface area contributed by atoms with E-state index in [-0.39, 0.29) is 5.41 Å². The highest BCUT2D eigenvalue weighted by Crippen LogP contribution is 2.52. The van der Waals surface area contributed by atoms with Crippen LogP contribution in [0.4, 0.5) is 0 Å². The van der Waals surface area contributed by atoms with Crippen molar-refractivity contribution in [3.63, 3.8) is 0 Å². The van der Waals surface area contributed by atoms with Crippen molar-refractivity contribution in [3.05, 3.63) is 222 Å². The van der Waals surface area contributed by atoms with Crippen LogP contribution >= 0.6 is 22.7 Å². The Kier molecular flexibility index (Phi) is 8.78. The number of benzene rings is 8. The molecule has 0 N–H and O–H groups in total. The molecular formula is C61H42N2S2. The predicted octanol–water partition coefficient (Wildman–Crippen LogP) is 17.3. The minimum Gasteiger partial charge on any atom is -0.228 e. The largest absolute Gasteiger partial charge is 0.228 e. The summed E-state index contributed by atoms with van der Waals surface area (Å²) in [5, 5.41) is 5.18. The van der Waals surface area contributed by atoms with E-state index in [1.165, 1.54) is 79.3 Å². The standard InChI is InChI=1S/C61H42N2S2/c1-61(2)52-17-9-6-14-46(52)47-27-24-42(35-53(47)61)37-20-22-38(23-21-37)54-36-55(63-60(62-54)39-12-4-3-5-13-39)45-31-43(40-25-28-58-50(33-40)48-15-7-10-18-56(48)64-58)30-44(32-45)41-26-29-59-51(34-41)49-16-8-11-19-57(49)65-59/h3-34,36,42H,35H2,1-2H3. The molecule has 2 aliphatic carbocycles. The summed E-state index contributed by atoms with van der Waals surface area (Å²) in [5.74, 6) is 1.03. The van der Waals surface area contributed by atoms with Gasteiger partial charge in [0.2, 0.25) is 0 Å². The summed E-state index contributed by atoms with van der Waals surface area (Å²) in [6.45, 7) is 4.77. The molecule has 0 amide bonds. The second-order valence-corrected chi connectivity index (χ2v) is 20.3. The van der Waals surface area contributed by atoms with Crippen molar-refractivity contribution in [1.29, 1.82) is 0 Å². The summed E-state index contributed by atoms with van der Waals surface area (Å²) in [6, 6.07) is 69.0. The van der Waals surface area contributed by atoms with Gasteiger partial charge in [0.15, 0.2) is 5.82 Å². The molecule has 8 aromatic carbocycles. The fourth-order valence-corrected chi connectivity index (χ4v) is 12.7. The SMILES string of the molecule is CC1(C)C2=C(C=CC(c3ccc(-c4cc(-c5cc(-c6ccc7sc8ccccc8c7c6)cc(-c6ccc7sc8ccccc8c7c6)c5)nc(-c5ccccc5)n4)cc3)C2)c2ccccc21. The van der Waals surface area contributed by atoms with Gasteiger partial charge in [-0.15, -0.1) is 22.7 Å². The maximum Gasteiger partial charge on any atom is 0.160 e. The molecule has 65 heavy (non-hydrogen) atoms. The van der Waals surface area contributed by atoms with Crippen LogP contribution in [0.25, 0.3) is 102 Å². The molecule has 0 bridgehead atoms. The molecule has 0 fully saturated rings. The molecule has 2 aliphatic rings. The summed E-state index contributed by atoms with van der Waals surface area (Å²) in [6.07, 6.45) is 5.80. The van der Waals surface area contributed by atoms with E-state index >= 15 is 0 Å².